The molecule has 0 aliphatic heterocycles. The Labute approximate surface area is 261 Å². The van der Waals surface area contributed by atoms with Gasteiger partial charge in [-0.3, -0.25) is 0 Å². The zero-order valence-corrected chi connectivity index (χ0v) is 28.1. The molecule has 0 aromatic rings. The molecule has 0 saturated heterocycles. The Morgan fingerprint density at radius 3 is 1.88 bits per heavy atom. The molecule has 3 atom stereocenters. The van der Waals surface area contributed by atoms with Crippen LogP contribution in [0.3, 0.4) is 0 Å². The summed E-state index contributed by atoms with van der Waals surface area (Å²) < 4.78 is 0. The minimum atomic E-state index is -1.08. The summed E-state index contributed by atoms with van der Waals surface area (Å²) >= 11 is 0. The fourth-order valence-electron chi connectivity index (χ4n) is 5.85. The average molecular weight is 583 g/mol. The van der Waals surface area contributed by atoms with Gasteiger partial charge in [-0.25, -0.2) is 0 Å². The Morgan fingerprint density at radius 2 is 1.33 bits per heavy atom. The largest absolute Gasteiger partial charge is 0.393 e. The van der Waals surface area contributed by atoms with Gasteiger partial charge in [0.15, 0.2) is 0 Å². The first kappa shape index (κ1) is 36.0. The topological polar surface area (TPSA) is 60.7 Å². The first-order valence-electron chi connectivity index (χ1n) is 15.4. The molecule has 0 spiro atoms. The van der Waals surface area contributed by atoms with Gasteiger partial charge in [0, 0.05) is 16.4 Å². The predicted octanol–water partition coefficient (Wildman–Crippen LogP) is 8.97. The molecule has 3 nitrogen and oxygen atoms in total. The molecule has 0 amide bonds. The van der Waals surface area contributed by atoms with Crippen molar-refractivity contribution in [1.29, 1.82) is 0 Å². The molecule has 3 unspecified atom stereocenters. The molecule has 0 aromatic carbocycles. The van der Waals surface area contributed by atoms with Crippen molar-refractivity contribution in [2.24, 2.45) is 10.8 Å². The van der Waals surface area contributed by atoms with E-state index < -0.39 is 17.1 Å². The van der Waals surface area contributed by atoms with E-state index in [-0.39, 0.29) is 11.5 Å². The highest BCUT2D eigenvalue weighted by molar-refractivity contribution is 5.45. The van der Waals surface area contributed by atoms with Crippen molar-refractivity contribution in [2.75, 3.05) is 0 Å². The van der Waals surface area contributed by atoms with E-state index in [0.29, 0.717) is 12.8 Å². The molecule has 0 fully saturated rings. The minimum absolute atomic E-state index is 0.0912. The SMILES string of the molecule is CC(C#CC1=C(C)CC(O)CC1(C)C)=CC=CC(C)=CC=CC=C(C)C=CC=C(C)C=CC1(O)C(C)=CC(O)CC1(C)C. The fourth-order valence-corrected chi connectivity index (χ4v) is 5.85. The molecule has 2 rings (SSSR count). The molecule has 0 radical (unpaired) electrons. The fraction of sp³-hybridized carbons (Fsp3) is 0.450. The van der Waals surface area contributed by atoms with E-state index in [9.17, 15) is 15.3 Å². The van der Waals surface area contributed by atoms with Gasteiger partial charge in [-0.1, -0.05) is 135 Å². The monoisotopic (exact) mass is 582 g/mol. The quantitative estimate of drug-likeness (QED) is 0.152. The second-order valence-corrected chi connectivity index (χ2v) is 13.6. The van der Waals surface area contributed by atoms with Crippen LogP contribution in [0.5, 0.6) is 0 Å². The smallest absolute Gasteiger partial charge is 0.109 e. The Morgan fingerprint density at radius 1 is 0.791 bits per heavy atom. The second kappa shape index (κ2) is 15.5. The van der Waals surface area contributed by atoms with Crippen LogP contribution in [0.15, 0.2) is 118 Å². The van der Waals surface area contributed by atoms with Crippen LogP contribution in [-0.2, 0) is 0 Å². The van der Waals surface area contributed by atoms with Crippen LogP contribution in [0.25, 0.3) is 0 Å². The molecule has 3 N–H and O–H groups in total. The van der Waals surface area contributed by atoms with Gasteiger partial charge in [-0.2, -0.15) is 0 Å². The Bertz CT molecular complexity index is 1380. The van der Waals surface area contributed by atoms with Gasteiger partial charge in [-0.05, 0) is 78.0 Å². The predicted molar refractivity (Wildman–Crippen MR) is 184 cm³/mol. The van der Waals surface area contributed by atoms with Crippen LogP contribution in [0.1, 0.15) is 88.5 Å². The summed E-state index contributed by atoms with van der Waals surface area (Å²) in [5.41, 5.74) is 5.83. The first-order valence-corrected chi connectivity index (χ1v) is 15.4. The number of hydrogen-bond acceptors (Lipinski definition) is 3. The van der Waals surface area contributed by atoms with Crippen LogP contribution < -0.4 is 0 Å². The second-order valence-electron chi connectivity index (χ2n) is 13.6. The van der Waals surface area contributed by atoms with Gasteiger partial charge >= 0.3 is 0 Å². The van der Waals surface area contributed by atoms with Crippen LogP contribution in [0, 0.1) is 22.7 Å². The number of rotatable bonds is 8. The van der Waals surface area contributed by atoms with Crippen LogP contribution in [0.4, 0.5) is 0 Å². The highest BCUT2D eigenvalue weighted by Gasteiger charge is 2.46. The summed E-state index contributed by atoms with van der Waals surface area (Å²) in [6.07, 6.45) is 27.2. The Balaban J connectivity index is 1.94. The van der Waals surface area contributed by atoms with E-state index in [1.807, 2.05) is 83.2 Å². The summed E-state index contributed by atoms with van der Waals surface area (Å²) in [7, 11) is 0. The average Bonchev–Trinajstić information content (AvgIpc) is 2.87. The summed E-state index contributed by atoms with van der Waals surface area (Å²) in [5.74, 6) is 6.66. The van der Waals surface area contributed by atoms with Gasteiger partial charge in [0.2, 0.25) is 0 Å². The van der Waals surface area contributed by atoms with E-state index >= 15 is 0 Å². The molecule has 232 valence electrons. The van der Waals surface area contributed by atoms with Gasteiger partial charge < -0.3 is 15.3 Å². The summed E-state index contributed by atoms with van der Waals surface area (Å²) in [6.45, 7) is 20.4. The molecule has 2 aliphatic carbocycles. The molecular weight excluding hydrogens is 528 g/mol. The summed E-state index contributed by atoms with van der Waals surface area (Å²) in [6, 6.07) is 0. The molecule has 0 aromatic heterocycles. The van der Waals surface area contributed by atoms with Gasteiger partial charge in [0.25, 0.3) is 0 Å². The van der Waals surface area contributed by atoms with Crippen LogP contribution >= 0.6 is 0 Å². The van der Waals surface area contributed by atoms with E-state index in [1.165, 1.54) is 5.57 Å². The lowest BCUT2D eigenvalue weighted by atomic mass is 9.64. The first-order chi connectivity index (χ1) is 20.0. The molecular formula is C40H54O3. The maximum atomic E-state index is 11.3. The van der Waals surface area contributed by atoms with Crippen molar-refractivity contribution in [1.82, 2.24) is 0 Å². The summed E-state index contributed by atoms with van der Waals surface area (Å²) in [5, 5.41) is 31.5. The molecule has 0 saturated carbocycles. The number of hydrogen-bond donors (Lipinski definition) is 3. The highest BCUT2D eigenvalue weighted by atomic mass is 16.3. The van der Waals surface area contributed by atoms with E-state index in [0.717, 1.165) is 39.9 Å². The van der Waals surface area contributed by atoms with Gasteiger partial charge in [0.1, 0.15) is 5.60 Å². The zero-order chi connectivity index (χ0) is 32.4. The third-order valence-electron chi connectivity index (χ3n) is 8.41. The number of aliphatic hydroxyl groups excluding tert-OH is 2. The lowest BCUT2D eigenvalue weighted by Crippen LogP contribution is -2.48. The highest BCUT2D eigenvalue weighted by Crippen LogP contribution is 2.45. The van der Waals surface area contributed by atoms with Crippen molar-refractivity contribution in [3.8, 4) is 11.8 Å². The normalized spacial score (nSPS) is 27.4. The van der Waals surface area contributed by atoms with Gasteiger partial charge in [-0.15, -0.1) is 0 Å². The molecule has 0 heterocycles. The third-order valence-corrected chi connectivity index (χ3v) is 8.41. The Hall–Kier alpha value is -3.16. The zero-order valence-electron chi connectivity index (χ0n) is 28.1. The minimum Gasteiger partial charge on any atom is -0.393 e. The molecule has 43 heavy (non-hydrogen) atoms. The lowest BCUT2D eigenvalue weighted by Gasteiger charge is -2.46. The van der Waals surface area contributed by atoms with Crippen LogP contribution in [0.2, 0.25) is 0 Å². The van der Waals surface area contributed by atoms with Crippen molar-refractivity contribution in [2.45, 2.75) is 106 Å². The standard InChI is InChI=1S/C40H54O3/c1-29(17-13-19-31(3)21-22-37-33(5)25-35(41)27-38(37,7)8)15-11-12-16-30(2)18-14-20-32(4)23-24-40(43)34(6)26-36(42)28-39(40,9)10/h11-20,23-24,26,35-36,41-43H,25,27-28H2,1-10H3. The lowest BCUT2D eigenvalue weighted by molar-refractivity contribution is -0.0292. The maximum Gasteiger partial charge on any atom is 0.109 e. The number of allylic oxidation sites excluding steroid dienone is 16. The van der Waals surface area contributed by atoms with Crippen molar-refractivity contribution < 1.29 is 15.3 Å². The molecule has 0 bridgehead atoms. The molecule has 3 heteroatoms. The van der Waals surface area contributed by atoms with Gasteiger partial charge in [0.05, 0.1) is 12.2 Å². The van der Waals surface area contributed by atoms with E-state index in [1.54, 1.807) is 6.08 Å². The summed E-state index contributed by atoms with van der Waals surface area (Å²) in [4.78, 5) is 0. The van der Waals surface area contributed by atoms with Crippen molar-refractivity contribution >= 4 is 0 Å². The van der Waals surface area contributed by atoms with Crippen molar-refractivity contribution in [3.63, 3.8) is 0 Å². The van der Waals surface area contributed by atoms with E-state index in [4.69, 9.17) is 0 Å². The third kappa shape index (κ3) is 10.8. The molecule has 2 aliphatic rings. The van der Waals surface area contributed by atoms with Crippen molar-refractivity contribution in [3.05, 3.63) is 118 Å². The number of aliphatic hydroxyl groups is 3. The Kier molecular flexibility index (Phi) is 13.0. The maximum absolute atomic E-state index is 11.3. The van der Waals surface area contributed by atoms with E-state index in [2.05, 4.69) is 70.8 Å². The van der Waals surface area contributed by atoms with Crippen LogP contribution in [-0.4, -0.2) is 33.1 Å².